The molecule has 0 saturated carbocycles. The number of hydrogen-bond acceptors (Lipinski definition) is 3. The zero-order valence-electron chi connectivity index (χ0n) is 11.8. The number of ether oxygens (including phenoxy) is 1. The van der Waals surface area contributed by atoms with Crippen LogP contribution in [0.4, 0.5) is 5.69 Å². The highest BCUT2D eigenvalue weighted by Crippen LogP contribution is 2.34. The van der Waals surface area contributed by atoms with Crippen molar-refractivity contribution in [1.82, 2.24) is 0 Å². The molecule has 1 heterocycles. The first-order chi connectivity index (χ1) is 10.1. The molecule has 0 spiro atoms. The van der Waals surface area contributed by atoms with Gasteiger partial charge in [0.25, 0.3) is 0 Å². The fourth-order valence-corrected chi connectivity index (χ4v) is 4.02. The molecule has 0 N–H and O–H groups in total. The van der Waals surface area contributed by atoms with Crippen LogP contribution in [0.3, 0.4) is 0 Å². The summed E-state index contributed by atoms with van der Waals surface area (Å²) in [6.07, 6.45) is 0. The van der Waals surface area contributed by atoms with E-state index in [1.807, 2.05) is 55.5 Å². The topological polar surface area (TPSA) is 46.6 Å². The van der Waals surface area contributed by atoms with Gasteiger partial charge in [0.15, 0.2) is 0 Å². The minimum absolute atomic E-state index is 0.00121. The van der Waals surface area contributed by atoms with E-state index >= 15 is 0 Å². The Morgan fingerprint density at radius 2 is 1.90 bits per heavy atom. The van der Waals surface area contributed by atoms with Crippen LogP contribution in [0.25, 0.3) is 0 Å². The van der Waals surface area contributed by atoms with E-state index in [2.05, 4.69) is 0 Å². The highest BCUT2D eigenvalue weighted by molar-refractivity contribution is 7.92. The van der Waals surface area contributed by atoms with Gasteiger partial charge in [-0.15, -0.1) is 0 Å². The molecule has 2 aromatic carbocycles. The van der Waals surface area contributed by atoms with E-state index in [1.165, 1.54) is 4.31 Å². The normalized spacial score (nSPS) is 14.4. The molecule has 4 nitrogen and oxygen atoms in total. The molecule has 110 valence electrons. The Balaban J connectivity index is 1.96. The Hall–Kier alpha value is -2.01. The van der Waals surface area contributed by atoms with Gasteiger partial charge in [-0.2, -0.15) is 0 Å². The van der Waals surface area contributed by atoms with Gasteiger partial charge < -0.3 is 4.74 Å². The summed E-state index contributed by atoms with van der Waals surface area (Å²) in [5.74, 6) is 0.629. The van der Waals surface area contributed by atoms with Gasteiger partial charge in [-0.05, 0) is 30.2 Å². The van der Waals surface area contributed by atoms with Gasteiger partial charge in [0.1, 0.15) is 12.4 Å². The van der Waals surface area contributed by atoms with Gasteiger partial charge in [-0.25, -0.2) is 8.42 Å². The average molecular weight is 303 g/mol. The first-order valence-electron chi connectivity index (χ1n) is 6.84. The SMILES string of the molecule is Cc1ccc2c(c1)N(S(=O)(=O)Cc1ccccc1)CCO2. The van der Waals surface area contributed by atoms with Crippen LogP contribution in [0.2, 0.25) is 0 Å². The van der Waals surface area contributed by atoms with Crippen LogP contribution >= 0.6 is 0 Å². The molecule has 0 saturated heterocycles. The molecule has 5 heteroatoms. The molecule has 3 rings (SSSR count). The van der Waals surface area contributed by atoms with Gasteiger partial charge in [0, 0.05) is 0 Å². The zero-order valence-corrected chi connectivity index (χ0v) is 12.6. The number of anilines is 1. The van der Waals surface area contributed by atoms with Crippen molar-refractivity contribution in [1.29, 1.82) is 0 Å². The Bertz CT molecular complexity index is 741. The van der Waals surface area contributed by atoms with Crippen LogP contribution < -0.4 is 9.04 Å². The third-order valence-electron chi connectivity index (χ3n) is 3.46. The van der Waals surface area contributed by atoms with Crippen LogP contribution in [0.5, 0.6) is 5.75 Å². The van der Waals surface area contributed by atoms with Crippen LogP contribution in [-0.4, -0.2) is 21.6 Å². The second-order valence-electron chi connectivity index (χ2n) is 5.13. The van der Waals surface area contributed by atoms with Gasteiger partial charge in [0.05, 0.1) is 18.0 Å². The van der Waals surface area contributed by atoms with E-state index in [-0.39, 0.29) is 5.75 Å². The Morgan fingerprint density at radius 1 is 1.14 bits per heavy atom. The largest absolute Gasteiger partial charge is 0.489 e. The summed E-state index contributed by atoms with van der Waals surface area (Å²) in [7, 11) is -3.41. The van der Waals surface area contributed by atoms with Crippen LogP contribution in [0.1, 0.15) is 11.1 Å². The van der Waals surface area contributed by atoms with Crippen LogP contribution in [-0.2, 0) is 15.8 Å². The van der Waals surface area contributed by atoms with E-state index in [0.29, 0.717) is 24.6 Å². The molecular weight excluding hydrogens is 286 g/mol. The number of aryl methyl sites for hydroxylation is 1. The molecule has 0 atom stereocenters. The molecule has 1 aliphatic heterocycles. The van der Waals surface area contributed by atoms with E-state index in [1.54, 1.807) is 0 Å². The summed E-state index contributed by atoms with van der Waals surface area (Å²) < 4.78 is 32.4. The lowest BCUT2D eigenvalue weighted by atomic mass is 10.2. The molecule has 0 fully saturated rings. The van der Waals surface area contributed by atoms with Gasteiger partial charge in [-0.1, -0.05) is 36.4 Å². The Labute approximate surface area is 125 Å². The first-order valence-corrected chi connectivity index (χ1v) is 8.45. The lowest BCUT2D eigenvalue weighted by Gasteiger charge is -2.30. The fourth-order valence-electron chi connectivity index (χ4n) is 2.46. The summed E-state index contributed by atoms with van der Waals surface area (Å²) in [4.78, 5) is 0. The van der Waals surface area contributed by atoms with Gasteiger partial charge >= 0.3 is 0 Å². The third-order valence-corrected chi connectivity index (χ3v) is 5.21. The zero-order chi connectivity index (χ0) is 14.9. The number of nitrogens with zero attached hydrogens (tertiary/aromatic N) is 1. The fraction of sp³-hybridized carbons (Fsp3) is 0.250. The molecule has 0 unspecified atom stereocenters. The molecule has 0 radical (unpaired) electrons. The number of fused-ring (bicyclic) bond motifs is 1. The monoisotopic (exact) mass is 303 g/mol. The highest BCUT2D eigenvalue weighted by atomic mass is 32.2. The van der Waals surface area contributed by atoms with Crippen molar-refractivity contribution in [3.8, 4) is 5.75 Å². The van der Waals surface area contributed by atoms with Crippen molar-refractivity contribution in [2.75, 3.05) is 17.5 Å². The summed E-state index contributed by atoms with van der Waals surface area (Å²) in [6, 6.07) is 14.8. The summed E-state index contributed by atoms with van der Waals surface area (Å²) in [6.45, 7) is 2.67. The van der Waals surface area contributed by atoms with E-state index < -0.39 is 10.0 Å². The van der Waals surface area contributed by atoms with Gasteiger partial charge in [0.2, 0.25) is 10.0 Å². The van der Waals surface area contributed by atoms with Crippen molar-refractivity contribution in [3.63, 3.8) is 0 Å². The van der Waals surface area contributed by atoms with Gasteiger partial charge in [-0.3, -0.25) is 4.31 Å². The minimum Gasteiger partial charge on any atom is -0.489 e. The van der Waals surface area contributed by atoms with Crippen LogP contribution in [0, 0.1) is 6.92 Å². The molecule has 21 heavy (non-hydrogen) atoms. The van der Waals surface area contributed by atoms with E-state index in [0.717, 1.165) is 11.1 Å². The molecular formula is C16H17NO3S. The minimum atomic E-state index is -3.41. The Morgan fingerprint density at radius 3 is 2.67 bits per heavy atom. The van der Waals surface area contributed by atoms with Crippen LogP contribution in [0.15, 0.2) is 48.5 Å². The number of hydrogen-bond donors (Lipinski definition) is 0. The predicted molar refractivity (Wildman–Crippen MR) is 83.1 cm³/mol. The second-order valence-corrected chi connectivity index (χ2v) is 7.03. The first kappa shape index (κ1) is 13.9. The number of rotatable bonds is 3. The maximum atomic E-state index is 12.7. The molecule has 1 aliphatic rings. The predicted octanol–water partition coefficient (Wildman–Crippen LogP) is 2.72. The van der Waals surface area contributed by atoms with Crippen molar-refractivity contribution in [2.45, 2.75) is 12.7 Å². The third kappa shape index (κ3) is 2.88. The van der Waals surface area contributed by atoms with E-state index in [9.17, 15) is 8.42 Å². The highest BCUT2D eigenvalue weighted by Gasteiger charge is 2.28. The smallest absolute Gasteiger partial charge is 0.239 e. The molecule has 0 bridgehead atoms. The van der Waals surface area contributed by atoms with Crippen molar-refractivity contribution >= 4 is 15.7 Å². The molecule has 0 aliphatic carbocycles. The lowest BCUT2D eigenvalue weighted by Crippen LogP contribution is -2.38. The molecule has 2 aromatic rings. The summed E-state index contributed by atoms with van der Waals surface area (Å²) in [5, 5.41) is 0. The molecule has 0 amide bonds. The van der Waals surface area contributed by atoms with Crippen molar-refractivity contribution in [3.05, 3.63) is 59.7 Å². The quantitative estimate of drug-likeness (QED) is 0.876. The maximum Gasteiger partial charge on any atom is 0.239 e. The second kappa shape index (κ2) is 5.41. The summed E-state index contributed by atoms with van der Waals surface area (Å²) in [5.41, 5.74) is 2.44. The molecule has 0 aromatic heterocycles. The summed E-state index contributed by atoms with van der Waals surface area (Å²) >= 11 is 0. The van der Waals surface area contributed by atoms with Crippen molar-refractivity contribution in [2.24, 2.45) is 0 Å². The average Bonchev–Trinajstić information content (AvgIpc) is 2.47. The van der Waals surface area contributed by atoms with E-state index in [4.69, 9.17) is 4.74 Å². The van der Waals surface area contributed by atoms with Crippen molar-refractivity contribution < 1.29 is 13.2 Å². The number of sulfonamides is 1. The lowest BCUT2D eigenvalue weighted by molar-refractivity contribution is 0.315. The standard InChI is InChI=1S/C16H17NO3S/c1-13-7-8-16-15(11-13)17(9-10-20-16)21(18,19)12-14-5-3-2-4-6-14/h2-8,11H,9-10,12H2,1H3. The Kier molecular flexibility index (Phi) is 3.59. The maximum absolute atomic E-state index is 12.7. The number of benzene rings is 2.